The Morgan fingerprint density at radius 1 is 1.44 bits per heavy atom. The lowest BCUT2D eigenvalue weighted by Crippen LogP contribution is -2.34. The standard InChI is InChI=1S/C12H17NO2S/c1-3-15-12(14)11(13)8-16-10-6-4-9(2)5-7-10/h4-7,11H,3,8,13H2,1-2H3. The molecular weight excluding hydrogens is 222 g/mol. The minimum atomic E-state index is -0.550. The van der Waals surface area contributed by atoms with Crippen LogP contribution in [0.1, 0.15) is 12.5 Å². The number of esters is 1. The molecule has 0 aliphatic heterocycles. The molecule has 0 aromatic heterocycles. The zero-order valence-electron chi connectivity index (χ0n) is 9.60. The number of thioether (sulfide) groups is 1. The van der Waals surface area contributed by atoms with E-state index >= 15 is 0 Å². The molecule has 1 unspecified atom stereocenters. The van der Waals surface area contributed by atoms with E-state index in [-0.39, 0.29) is 5.97 Å². The summed E-state index contributed by atoms with van der Waals surface area (Å²) in [6.45, 7) is 4.19. The average Bonchev–Trinajstić information content (AvgIpc) is 2.28. The quantitative estimate of drug-likeness (QED) is 0.630. The predicted molar refractivity (Wildman–Crippen MR) is 66.5 cm³/mol. The van der Waals surface area contributed by atoms with Crippen LogP contribution in [0.25, 0.3) is 0 Å². The lowest BCUT2D eigenvalue weighted by Gasteiger charge is -2.09. The van der Waals surface area contributed by atoms with Crippen molar-refractivity contribution in [3.8, 4) is 0 Å². The van der Waals surface area contributed by atoms with Gasteiger partial charge in [-0.3, -0.25) is 4.79 Å². The van der Waals surface area contributed by atoms with Gasteiger partial charge < -0.3 is 10.5 Å². The van der Waals surface area contributed by atoms with Gasteiger partial charge in [0.15, 0.2) is 0 Å². The molecule has 0 fully saturated rings. The van der Waals surface area contributed by atoms with Gasteiger partial charge in [0, 0.05) is 10.6 Å². The van der Waals surface area contributed by atoms with E-state index < -0.39 is 6.04 Å². The predicted octanol–water partition coefficient (Wildman–Crippen LogP) is 1.98. The van der Waals surface area contributed by atoms with Crippen LogP contribution in [0.4, 0.5) is 0 Å². The molecule has 0 spiro atoms. The summed E-state index contributed by atoms with van der Waals surface area (Å²) >= 11 is 1.57. The lowest BCUT2D eigenvalue weighted by molar-refractivity contribution is -0.144. The lowest BCUT2D eigenvalue weighted by atomic mass is 10.2. The second-order valence-electron chi connectivity index (χ2n) is 3.48. The molecule has 3 nitrogen and oxygen atoms in total. The molecule has 1 atom stereocenters. The van der Waals surface area contributed by atoms with Crippen molar-refractivity contribution in [3.05, 3.63) is 29.8 Å². The molecule has 1 aromatic rings. The van der Waals surface area contributed by atoms with E-state index in [9.17, 15) is 4.79 Å². The highest BCUT2D eigenvalue weighted by molar-refractivity contribution is 7.99. The number of hydrogen-bond acceptors (Lipinski definition) is 4. The minimum absolute atomic E-state index is 0.331. The van der Waals surface area contributed by atoms with Crippen LogP contribution in [0.2, 0.25) is 0 Å². The van der Waals surface area contributed by atoms with Crippen molar-refractivity contribution in [2.75, 3.05) is 12.4 Å². The highest BCUT2D eigenvalue weighted by Gasteiger charge is 2.14. The number of nitrogens with two attached hydrogens (primary N) is 1. The van der Waals surface area contributed by atoms with E-state index in [1.54, 1.807) is 18.7 Å². The van der Waals surface area contributed by atoms with Gasteiger partial charge >= 0.3 is 5.97 Å². The van der Waals surface area contributed by atoms with E-state index in [2.05, 4.69) is 0 Å². The van der Waals surface area contributed by atoms with E-state index in [1.165, 1.54) is 5.56 Å². The molecule has 0 amide bonds. The highest BCUT2D eigenvalue weighted by atomic mass is 32.2. The first-order valence-corrected chi connectivity index (χ1v) is 6.23. The third-order valence-electron chi connectivity index (χ3n) is 2.04. The first kappa shape index (κ1) is 13.1. The van der Waals surface area contributed by atoms with E-state index in [0.717, 1.165) is 4.90 Å². The van der Waals surface area contributed by atoms with Crippen molar-refractivity contribution in [3.63, 3.8) is 0 Å². The Bertz CT molecular complexity index is 337. The topological polar surface area (TPSA) is 52.3 Å². The van der Waals surface area contributed by atoms with Crippen LogP contribution in [-0.4, -0.2) is 24.4 Å². The van der Waals surface area contributed by atoms with Crippen molar-refractivity contribution < 1.29 is 9.53 Å². The summed E-state index contributed by atoms with van der Waals surface area (Å²) in [5.41, 5.74) is 6.91. The van der Waals surface area contributed by atoms with E-state index in [0.29, 0.717) is 12.4 Å². The van der Waals surface area contributed by atoms with Gasteiger partial charge in [-0.05, 0) is 26.0 Å². The maximum absolute atomic E-state index is 11.3. The largest absolute Gasteiger partial charge is 0.465 e. The molecule has 4 heteroatoms. The molecule has 0 saturated carbocycles. The highest BCUT2D eigenvalue weighted by Crippen LogP contribution is 2.18. The molecule has 0 aliphatic carbocycles. The molecule has 1 aromatic carbocycles. The normalized spacial score (nSPS) is 12.2. The third kappa shape index (κ3) is 4.24. The summed E-state index contributed by atoms with van der Waals surface area (Å²) in [7, 11) is 0. The molecule has 0 saturated heterocycles. The second-order valence-corrected chi connectivity index (χ2v) is 4.58. The molecule has 16 heavy (non-hydrogen) atoms. The number of benzene rings is 1. The van der Waals surface area contributed by atoms with E-state index in [1.807, 2.05) is 31.2 Å². The Morgan fingerprint density at radius 3 is 2.62 bits per heavy atom. The molecule has 0 radical (unpaired) electrons. The monoisotopic (exact) mass is 239 g/mol. The summed E-state index contributed by atoms with van der Waals surface area (Å²) in [4.78, 5) is 12.4. The SMILES string of the molecule is CCOC(=O)C(N)CSc1ccc(C)cc1. The molecule has 1 rings (SSSR count). The summed E-state index contributed by atoms with van der Waals surface area (Å²) in [6.07, 6.45) is 0. The second kappa shape index (κ2) is 6.55. The molecular formula is C12H17NO2S. The first-order valence-electron chi connectivity index (χ1n) is 5.25. The fraction of sp³-hybridized carbons (Fsp3) is 0.417. The van der Waals surface area contributed by atoms with Gasteiger partial charge in [-0.15, -0.1) is 11.8 Å². The van der Waals surface area contributed by atoms with Crippen molar-refractivity contribution in [2.45, 2.75) is 24.8 Å². The number of hydrogen-bond donors (Lipinski definition) is 1. The number of ether oxygens (including phenoxy) is 1. The minimum Gasteiger partial charge on any atom is -0.465 e. The molecule has 0 bridgehead atoms. The fourth-order valence-electron chi connectivity index (χ4n) is 1.14. The Balaban J connectivity index is 2.39. The van der Waals surface area contributed by atoms with Gasteiger partial charge in [-0.2, -0.15) is 0 Å². The van der Waals surface area contributed by atoms with Crippen LogP contribution < -0.4 is 5.73 Å². The van der Waals surface area contributed by atoms with Gasteiger partial charge in [-0.25, -0.2) is 0 Å². The zero-order chi connectivity index (χ0) is 12.0. The van der Waals surface area contributed by atoms with Gasteiger partial charge in [0.05, 0.1) is 6.61 Å². The maximum Gasteiger partial charge on any atom is 0.323 e. The first-order chi connectivity index (χ1) is 7.63. The molecule has 2 N–H and O–H groups in total. The fourth-order valence-corrected chi connectivity index (χ4v) is 1.97. The maximum atomic E-state index is 11.3. The smallest absolute Gasteiger partial charge is 0.323 e. The van der Waals surface area contributed by atoms with Crippen LogP contribution in [0.15, 0.2) is 29.2 Å². The Labute approximate surface area is 100 Å². The summed E-state index contributed by atoms with van der Waals surface area (Å²) in [6, 6.07) is 7.58. The number of carbonyl (C=O) groups excluding carboxylic acids is 1. The van der Waals surface area contributed by atoms with Crippen molar-refractivity contribution >= 4 is 17.7 Å². The van der Waals surface area contributed by atoms with Crippen molar-refractivity contribution in [1.82, 2.24) is 0 Å². The summed E-state index contributed by atoms with van der Waals surface area (Å²) < 4.78 is 4.83. The number of rotatable bonds is 5. The van der Waals surface area contributed by atoms with Crippen LogP contribution in [0.5, 0.6) is 0 Å². The van der Waals surface area contributed by atoms with Crippen molar-refractivity contribution in [1.29, 1.82) is 0 Å². The van der Waals surface area contributed by atoms with Crippen LogP contribution in [-0.2, 0) is 9.53 Å². The van der Waals surface area contributed by atoms with Gasteiger partial charge in [-0.1, -0.05) is 17.7 Å². The zero-order valence-corrected chi connectivity index (χ0v) is 10.4. The molecule has 88 valence electrons. The summed E-state index contributed by atoms with van der Waals surface area (Å²) in [5.74, 6) is 0.212. The van der Waals surface area contributed by atoms with Crippen LogP contribution >= 0.6 is 11.8 Å². The Morgan fingerprint density at radius 2 is 2.06 bits per heavy atom. The van der Waals surface area contributed by atoms with E-state index in [4.69, 9.17) is 10.5 Å². The molecule has 0 heterocycles. The van der Waals surface area contributed by atoms with Gasteiger partial charge in [0.25, 0.3) is 0 Å². The average molecular weight is 239 g/mol. The summed E-state index contributed by atoms with van der Waals surface area (Å²) in [5, 5.41) is 0. The Hall–Kier alpha value is -1.00. The van der Waals surface area contributed by atoms with Crippen LogP contribution in [0.3, 0.4) is 0 Å². The van der Waals surface area contributed by atoms with Gasteiger partial charge in [0.1, 0.15) is 6.04 Å². The number of aryl methyl sites for hydroxylation is 1. The Kier molecular flexibility index (Phi) is 5.35. The number of carbonyl (C=O) groups is 1. The third-order valence-corrected chi connectivity index (χ3v) is 3.17. The van der Waals surface area contributed by atoms with Gasteiger partial charge in [0.2, 0.25) is 0 Å². The van der Waals surface area contributed by atoms with Crippen LogP contribution in [0, 0.1) is 6.92 Å². The molecule has 0 aliphatic rings. The van der Waals surface area contributed by atoms with Crippen molar-refractivity contribution in [2.24, 2.45) is 5.73 Å².